The maximum Gasteiger partial charge on any atom is 0.261 e. The SMILES string of the molecule is CCNc1nc(NCC)n2c(SCC(=O)Nc3cc4c(cc3Cl)C(=O)c3ccccc3C4=O)nnc2n1. The highest BCUT2D eigenvalue weighted by atomic mass is 35.5. The largest absolute Gasteiger partial charge is 0.355 e. The third-order valence-corrected chi connectivity index (χ3v) is 6.78. The molecule has 1 amide bonds. The Morgan fingerprint density at radius 3 is 2.30 bits per heavy atom. The smallest absolute Gasteiger partial charge is 0.261 e. The van der Waals surface area contributed by atoms with Crippen LogP contribution >= 0.6 is 23.4 Å². The molecule has 0 bridgehead atoms. The number of amides is 1. The number of hydrogen-bond donors (Lipinski definition) is 3. The van der Waals surface area contributed by atoms with E-state index in [2.05, 4.69) is 36.1 Å². The highest BCUT2D eigenvalue weighted by Gasteiger charge is 2.30. The summed E-state index contributed by atoms with van der Waals surface area (Å²) >= 11 is 7.52. The van der Waals surface area contributed by atoms with Gasteiger partial charge in [0.2, 0.25) is 17.8 Å². The van der Waals surface area contributed by atoms with Crippen molar-refractivity contribution >= 4 is 64.2 Å². The Balaban J connectivity index is 1.35. The summed E-state index contributed by atoms with van der Waals surface area (Å²) in [4.78, 5) is 47.5. The molecule has 0 atom stereocenters. The van der Waals surface area contributed by atoms with Gasteiger partial charge in [-0.3, -0.25) is 14.4 Å². The molecule has 0 unspecified atom stereocenters. The van der Waals surface area contributed by atoms with Gasteiger partial charge in [0.1, 0.15) is 0 Å². The molecular weight excluding hydrogens is 516 g/mol. The summed E-state index contributed by atoms with van der Waals surface area (Å²) < 4.78 is 1.63. The van der Waals surface area contributed by atoms with Crippen molar-refractivity contribution in [3.05, 3.63) is 63.7 Å². The van der Waals surface area contributed by atoms with Crippen molar-refractivity contribution in [3.63, 3.8) is 0 Å². The Hall–Kier alpha value is -4.03. The first kappa shape index (κ1) is 24.7. The van der Waals surface area contributed by atoms with Crippen LogP contribution in [0.4, 0.5) is 17.6 Å². The van der Waals surface area contributed by atoms with Gasteiger partial charge in [-0.15, -0.1) is 10.2 Å². The summed E-state index contributed by atoms with van der Waals surface area (Å²) in [6.45, 7) is 5.13. The van der Waals surface area contributed by atoms with Crippen LogP contribution in [0.25, 0.3) is 5.78 Å². The summed E-state index contributed by atoms with van der Waals surface area (Å²) in [5.41, 5.74) is 1.31. The molecule has 2 heterocycles. The Kier molecular flexibility index (Phi) is 6.76. The fraction of sp³-hybridized carbons (Fsp3) is 0.208. The van der Waals surface area contributed by atoms with E-state index in [1.165, 1.54) is 12.1 Å². The molecule has 0 fully saturated rings. The summed E-state index contributed by atoms with van der Waals surface area (Å²) in [5, 5.41) is 17.8. The summed E-state index contributed by atoms with van der Waals surface area (Å²) in [6, 6.07) is 9.49. The van der Waals surface area contributed by atoms with Gasteiger partial charge >= 0.3 is 0 Å². The van der Waals surface area contributed by atoms with Crippen LogP contribution in [0.3, 0.4) is 0 Å². The number of ketones is 2. The van der Waals surface area contributed by atoms with Gasteiger partial charge < -0.3 is 16.0 Å². The van der Waals surface area contributed by atoms with Crippen LogP contribution in [0.5, 0.6) is 0 Å². The standard InChI is InChI=1S/C24H21ClN8O3S/c1-3-26-21-29-22(27-4-2)33-23(30-21)31-32-24(33)37-11-18(34)28-17-10-15-14(9-16(17)25)19(35)12-7-5-6-8-13(12)20(15)36/h5-10H,3-4,11H2,1-2H3,(H,28,34)(H2,26,27,29,30,31). The molecule has 0 aliphatic heterocycles. The third-order valence-electron chi connectivity index (χ3n) is 5.53. The molecule has 4 aromatic rings. The number of anilines is 3. The van der Waals surface area contributed by atoms with Crippen LogP contribution in [0, 0.1) is 0 Å². The monoisotopic (exact) mass is 536 g/mol. The number of nitrogens with zero attached hydrogens (tertiary/aromatic N) is 5. The van der Waals surface area contributed by atoms with Crippen molar-refractivity contribution in [3.8, 4) is 0 Å². The number of carbonyl (C=O) groups excluding carboxylic acids is 3. The number of aromatic nitrogens is 5. The topological polar surface area (TPSA) is 143 Å². The maximum atomic E-state index is 13.0. The van der Waals surface area contributed by atoms with Crippen molar-refractivity contribution in [2.45, 2.75) is 19.0 Å². The molecule has 0 spiro atoms. The number of thioether (sulfide) groups is 1. The Morgan fingerprint density at radius 1 is 0.946 bits per heavy atom. The highest BCUT2D eigenvalue weighted by molar-refractivity contribution is 7.99. The van der Waals surface area contributed by atoms with E-state index in [4.69, 9.17) is 11.6 Å². The average Bonchev–Trinajstić information content (AvgIpc) is 3.30. The number of benzene rings is 2. The van der Waals surface area contributed by atoms with Crippen molar-refractivity contribution in [1.29, 1.82) is 0 Å². The van der Waals surface area contributed by atoms with E-state index in [1.54, 1.807) is 28.7 Å². The van der Waals surface area contributed by atoms with Gasteiger partial charge in [0.25, 0.3) is 5.78 Å². The first-order valence-corrected chi connectivity index (χ1v) is 12.8. The molecule has 13 heteroatoms. The van der Waals surface area contributed by atoms with Gasteiger partial charge in [0.05, 0.1) is 16.5 Å². The third kappa shape index (κ3) is 4.60. The summed E-state index contributed by atoms with van der Waals surface area (Å²) in [6.07, 6.45) is 0. The molecular formula is C24H21ClN8O3S. The fourth-order valence-corrected chi connectivity index (χ4v) is 4.87. The summed E-state index contributed by atoms with van der Waals surface area (Å²) in [7, 11) is 0. The predicted octanol–water partition coefficient (Wildman–Crippen LogP) is 3.54. The van der Waals surface area contributed by atoms with Gasteiger partial charge in [-0.2, -0.15) is 9.97 Å². The number of nitrogens with one attached hydrogen (secondary N) is 3. The Morgan fingerprint density at radius 2 is 1.62 bits per heavy atom. The van der Waals surface area contributed by atoms with E-state index in [-0.39, 0.29) is 45.1 Å². The van der Waals surface area contributed by atoms with Crippen LogP contribution in [0.15, 0.2) is 41.6 Å². The average molecular weight is 537 g/mol. The number of carbonyl (C=O) groups is 3. The number of halogens is 1. The number of hydrogen-bond acceptors (Lipinski definition) is 10. The molecule has 0 saturated heterocycles. The fourth-order valence-electron chi connectivity index (χ4n) is 3.93. The molecule has 2 aromatic heterocycles. The number of fused-ring (bicyclic) bond motifs is 3. The zero-order chi connectivity index (χ0) is 26.1. The van der Waals surface area contributed by atoms with Gasteiger partial charge in [0.15, 0.2) is 16.7 Å². The van der Waals surface area contributed by atoms with Crippen molar-refractivity contribution in [2.24, 2.45) is 0 Å². The van der Waals surface area contributed by atoms with Crippen LogP contribution in [-0.2, 0) is 4.79 Å². The van der Waals surface area contributed by atoms with Crippen LogP contribution in [-0.4, -0.2) is 60.9 Å². The van der Waals surface area contributed by atoms with Gasteiger partial charge in [-0.25, -0.2) is 4.40 Å². The second-order valence-electron chi connectivity index (χ2n) is 7.97. The molecule has 188 valence electrons. The minimum atomic E-state index is -0.381. The lowest BCUT2D eigenvalue weighted by molar-refractivity contribution is -0.113. The number of rotatable bonds is 8. The van der Waals surface area contributed by atoms with Crippen LogP contribution in [0.1, 0.15) is 45.7 Å². The van der Waals surface area contributed by atoms with Crippen molar-refractivity contribution in [2.75, 3.05) is 34.8 Å². The minimum Gasteiger partial charge on any atom is -0.355 e. The van der Waals surface area contributed by atoms with Gasteiger partial charge in [0, 0.05) is 35.3 Å². The lowest BCUT2D eigenvalue weighted by atomic mass is 9.84. The van der Waals surface area contributed by atoms with Crippen LogP contribution < -0.4 is 16.0 Å². The second kappa shape index (κ2) is 10.1. The molecule has 0 radical (unpaired) electrons. The quantitative estimate of drug-likeness (QED) is 0.252. The zero-order valence-electron chi connectivity index (χ0n) is 19.8. The Bertz CT molecular complexity index is 1570. The van der Waals surface area contributed by atoms with Crippen molar-refractivity contribution in [1.82, 2.24) is 24.6 Å². The van der Waals surface area contributed by atoms with E-state index in [0.29, 0.717) is 47.0 Å². The molecule has 37 heavy (non-hydrogen) atoms. The van der Waals surface area contributed by atoms with E-state index < -0.39 is 0 Å². The van der Waals surface area contributed by atoms with Gasteiger partial charge in [-0.05, 0) is 26.0 Å². The minimum absolute atomic E-state index is 0.0234. The van der Waals surface area contributed by atoms with E-state index in [0.717, 1.165) is 11.8 Å². The molecule has 2 aromatic carbocycles. The normalized spacial score (nSPS) is 12.3. The van der Waals surface area contributed by atoms with Gasteiger partial charge in [-0.1, -0.05) is 47.6 Å². The highest BCUT2D eigenvalue weighted by Crippen LogP contribution is 2.33. The molecule has 0 saturated carbocycles. The zero-order valence-corrected chi connectivity index (χ0v) is 21.4. The predicted molar refractivity (Wildman–Crippen MR) is 141 cm³/mol. The van der Waals surface area contributed by atoms with Crippen molar-refractivity contribution < 1.29 is 14.4 Å². The molecule has 5 rings (SSSR count). The van der Waals surface area contributed by atoms with E-state index in [1.807, 2.05) is 13.8 Å². The second-order valence-corrected chi connectivity index (χ2v) is 9.32. The van der Waals surface area contributed by atoms with E-state index in [9.17, 15) is 14.4 Å². The molecule has 1 aliphatic rings. The molecule has 11 nitrogen and oxygen atoms in total. The Labute approximate surface area is 220 Å². The van der Waals surface area contributed by atoms with Crippen LogP contribution in [0.2, 0.25) is 5.02 Å². The molecule has 3 N–H and O–H groups in total. The first-order chi connectivity index (χ1) is 17.9. The maximum absolute atomic E-state index is 13.0. The lowest BCUT2D eigenvalue weighted by Crippen LogP contribution is -2.22. The molecule has 1 aliphatic carbocycles. The lowest BCUT2D eigenvalue weighted by Gasteiger charge is -2.19. The van der Waals surface area contributed by atoms with E-state index >= 15 is 0 Å². The first-order valence-electron chi connectivity index (χ1n) is 11.5. The summed E-state index contributed by atoms with van der Waals surface area (Å²) in [5.74, 6) is 0.275.